The van der Waals surface area contributed by atoms with Crippen LogP contribution >= 0.6 is 0 Å². The van der Waals surface area contributed by atoms with Crippen LogP contribution < -0.4 is 5.73 Å². The molecule has 0 saturated heterocycles. The van der Waals surface area contributed by atoms with Crippen LogP contribution in [-0.2, 0) is 30.5 Å². The van der Waals surface area contributed by atoms with E-state index >= 15 is 0 Å². The summed E-state index contributed by atoms with van der Waals surface area (Å²) in [6, 6.07) is 0.184. The van der Waals surface area contributed by atoms with Crippen molar-refractivity contribution in [1.29, 1.82) is 0 Å². The van der Waals surface area contributed by atoms with E-state index < -0.39 is 46.5 Å². The van der Waals surface area contributed by atoms with Crippen LogP contribution in [0.2, 0.25) is 0 Å². The van der Waals surface area contributed by atoms with E-state index in [2.05, 4.69) is 10.2 Å². The minimum Gasteiger partial charge on any atom is -0.412 e. The average molecular weight is 488 g/mol. The van der Waals surface area contributed by atoms with Crippen LogP contribution in [0.5, 0.6) is 0 Å². The van der Waals surface area contributed by atoms with E-state index in [0.717, 1.165) is 4.57 Å². The minimum absolute atomic E-state index is 0. The molecule has 11 nitrogen and oxygen atoms in total. The lowest BCUT2D eigenvalue weighted by atomic mass is 10.0. The Bertz CT molecular complexity index is 997. The van der Waals surface area contributed by atoms with Crippen molar-refractivity contribution in [2.45, 2.75) is 38.1 Å². The van der Waals surface area contributed by atoms with Crippen LogP contribution in [-0.4, -0.2) is 53.9 Å². The SMILES string of the molecule is N[C@@H](CC(=O)N1CCn2c(nnc2C(F)(F)F)C1)Cc1cc(F)c(F)cc1F.O.O=[N+]([O-])O. The van der Waals surface area contributed by atoms with E-state index in [1.165, 1.54) is 4.90 Å². The number of alkyl halides is 3. The molecule has 33 heavy (non-hydrogen) atoms. The Balaban J connectivity index is 0.00000101. The second-order valence-electron chi connectivity index (χ2n) is 6.67. The molecule has 1 amide bonds. The molecule has 17 heteroatoms. The van der Waals surface area contributed by atoms with Crippen LogP contribution in [0.15, 0.2) is 12.1 Å². The first-order valence-corrected chi connectivity index (χ1v) is 8.79. The van der Waals surface area contributed by atoms with Gasteiger partial charge in [0.1, 0.15) is 5.82 Å². The predicted octanol–water partition coefficient (Wildman–Crippen LogP) is 0.844. The van der Waals surface area contributed by atoms with Crippen molar-refractivity contribution in [2.75, 3.05) is 6.54 Å². The smallest absolute Gasteiger partial charge is 0.412 e. The molecule has 5 N–H and O–H groups in total. The van der Waals surface area contributed by atoms with E-state index in [1.54, 1.807) is 0 Å². The number of rotatable bonds is 4. The molecule has 1 aliphatic heterocycles. The molecule has 0 unspecified atom stereocenters. The molecule has 0 spiro atoms. The summed E-state index contributed by atoms with van der Waals surface area (Å²) < 4.78 is 79.3. The van der Waals surface area contributed by atoms with E-state index in [-0.39, 0.29) is 49.3 Å². The fourth-order valence-electron chi connectivity index (χ4n) is 3.01. The van der Waals surface area contributed by atoms with Crippen molar-refractivity contribution in [3.63, 3.8) is 0 Å². The highest BCUT2D eigenvalue weighted by molar-refractivity contribution is 5.76. The molecule has 0 fully saturated rings. The van der Waals surface area contributed by atoms with Gasteiger partial charge in [0, 0.05) is 31.6 Å². The molecule has 1 aliphatic rings. The topological polar surface area (TPSA) is 172 Å². The van der Waals surface area contributed by atoms with Gasteiger partial charge in [-0.1, -0.05) is 0 Å². The number of amides is 1. The molecular formula is C16H18F6N6O5. The number of nitrogens with zero attached hydrogens (tertiary/aromatic N) is 5. The van der Waals surface area contributed by atoms with Gasteiger partial charge >= 0.3 is 6.18 Å². The first-order chi connectivity index (χ1) is 14.8. The molecule has 3 rings (SSSR count). The van der Waals surface area contributed by atoms with Gasteiger partial charge in [0.15, 0.2) is 17.5 Å². The van der Waals surface area contributed by atoms with Gasteiger partial charge in [-0.2, -0.15) is 13.2 Å². The van der Waals surface area contributed by atoms with Gasteiger partial charge in [-0.3, -0.25) is 4.79 Å². The maximum absolute atomic E-state index is 13.7. The highest BCUT2D eigenvalue weighted by atomic mass is 19.4. The zero-order chi connectivity index (χ0) is 24.2. The van der Waals surface area contributed by atoms with Crippen molar-refractivity contribution >= 4 is 5.91 Å². The zero-order valence-electron chi connectivity index (χ0n) is 16.5. The predicted molar refractivity (Wildman–Crippen MR) is 95.4 cm³/mol. The van der Waals surface area contributed by atoms with Crippen molar-refractivity contribution < 1.29 is 46.9 Å². The van der Waals surface area contributed by atoms with Gasteiger partial charge in [-0.25, -0.2) is 13.2 Å². The van der Waals surface area contributed by atoms with Gasteiger partial charge in [0.2, 0.25) is 11.7 Å². The van der Waals surface area contributed by atoms with Crippen LogP contribution in [0, 0.1) is 27.6 Å². The molecule has 0 bridgehead atoms. The van der Waals surface area contributed by atoms with Crippen molar-refractivity contribution in [2.24, 2.45) is 5.73 Å². The molecular weight excluding hydrogens is 470 g/mol. The second-order valence-corrected chi connectivity index (χ2v) is 6.67. The van der Waals surface area contributed by atoms with Crippen LogP contribution in [0.3, 0.4) is 0 Å². The second kappa shape index (κ2) is 10.9. The standard InChI is InChI=1S/C16H15F6N5O.HNO3.H2O/c17-10-6-12(19)11(18)4-8(10)3-9(23)5-14(28)26-1-2-27-13(7-26)24-25-15(27)16(20,21)22;2-1(3)4;/h4,6,9H,1-3,5,7,23H2;(H,2,3,4);1H2/t9-;;/m1../s1. The number of fused-ring (bicyclic) bond motifs is 1. The number of carbonyl (C=O) groups is 1. The lowest BCUT2D eigenvalue weighted by molar-refractivity contribution is -0.742. The fraction of sp³-hybridized carbons (Fsp3) is 0.438. The first-order valence-electron chi connectivity index (χ1n) is 8.79. The lowest BCUT2D eigenvalue weighted by Crippen LogP contribution is -2.42. The summed E-state index contributed by atoms with van der Waals surface area (Å²) >= 11 is 0. The van der Waals surface area contributed by atoms with E-state index in [1.807, 2.05) is 0 Å². The van der Waals surface area contributed by atoms with Crippen molar-refractivity contribution in [3.05, 3.63) is 56.9 Å². The summed E-state index contributed by atoms with van der Waals surface area (Å²) in [5.41, 5.74) is 5.64. The molecule has 1 aromatic carbocycles. The molecule has 0 saturated carbocycles. The maximum atomic E-state index is 13.7. The highest BCUT2D eigenvalue weighted by Crippen LogP contribution is 2.29. The van der Waals surface area contributed by atoms with E-state index in [4.69, 9.17) is 21.1 Å². The van der Waals surface area contributed by atoms with Gasteiger partial charge in [0.05, 0.1) is 6.54 Å². The molecule has 184 valence electrons. The number of nitrogens with two attached hydrogens (primary N) is 1. The monoisotopic (exact) mass is 488 g/mol. The minimum atomic E-state index is -4.64. The van der Waals surface area contributed by atoms with Gasteiger partial charge in [-0.05, 0) is 18.1 Å². The number of hydrogen-bond donors (Lipinski definition) is 2. The molecule has 1 aromatic heterocycles. The summed E-state index contributed by atoms with van der Waals surface area (Å²) in [4.78, 5) is 22.0. The highest BCUT2D eigenvalue weighted by Gasteiger charge is 2.40. The first kappa shape index (κ1) is 27.6. The molecule has 1 atom stereocenters. The average Bonchev–Trinajstić information content (AvgIpc) is 3.09. The maximum Gasteiger partial charge on any atom is 0.451 e. The van der Waals surface area contributed by atoms with Crippen LogP contribution in [0.25, 0.3) is 0 Å². The largest absolute Gasteiger partial charge is 0.451 e. The number of hydrogen-bond acceptors (Lipinski definition) is 6. The van der Waals surface area contributed by atoms with E-state index in [0.29, 0.717) is 12.1 Å². The molecule has 2 heterocycles. The Morgan fingerprint density at radius 3 is 2.33 bits per heavy atom. The third kappa shape index (κ3) is 7.28. The molecule has 2 aromatic rings. The summed E-state index contributed by atoms with van der Waals surface area (Å²) in [6.45, 7) is -0.302. The van der Waals surface area contributed by atoms with Gasteiger partial charge < -0.3 is 25.9 Å². The Hall–Kier alpha value is -3.47. The molecule has 0 aliphatic carbocycles. The van der Waals surface area contributed by atoms with Crippen LogP contribution in [0.1, 0.15) is 23.6 Å². The zero-order valence-corrected chi connectivity index (χ0v) is 16.5. The fourth-order valence-corrected chi connectivity index (χ4v) is 3.01. The Morgan fingerprint density at radius 2 is 1.76 bits per heavy atom. The Morgan fingerprint density at radius 1 is 1.18 bits per heavy atom. The third-order valence-electron chi connectivity index (χ3n) is 4.37. The number of benzene rings is 1. The van der Waals surface area contributed by atoms with Crippen molar-refractivity contribution in [3.8, 4) is 0 Å². The number of carbonyl (C=O) groups excluding carboxylic acids is 1. The Labute approximate surface area is 180 Å². The number of aromatic nitrogens is 3. The van der Waals surface area contributed by atoms with Crippen molar-refractivity contribution in [1.82, 2.24) is 19.7 Å². The van der Waals surface area contributed by atoms with E-state index in [9.17, 15) is 31.1 Å². The quantitative estimate of drug-likeness (QED) is 0.278. The third-order valence-corrected chi connectivity index (χ3v) is 4.37. The van der Waals surface area contributed by atoms with Gasteiger partial charge in [0.25, 0.3) is 5.09 Å². The molecule has 0 radical (unpaired) electrons. The Kier molecular flexibility index (Phi) is 9.11. The summed E-state index contributed by atoms with van der Waals surface area (Å²) in [7, 11) is 0. The normalized spacial score (nSPS) is 13.8. The number of halogens is 6. The summed E-state index contributed by atoms with van der Waals surface area (Å²) in [5, 5.41) is 20.2. The summed E-state index contributed by atoms with van der Waals surface area (Å²) in [6.07, 6.45) is -5.11. The van der Waals surface area contributed by atoms with Crippen LogP contribution in [0.4, 0.5) is 26.3 Å². The lowest BCUT2D eigenvalue weighted by Gasteiger charge is -2.29. The van der Waals surface area contributed by atoms with Gasteiger partial charge in [-0.15, -0.1) is 20.3 Å². The summed E-state index contributed by atoms with van der Waals surface area (Å²) in [5.74, 6) is -5.15.